The lowest BCUT2D eigenvalue weighted by Crippen LogP contribution is -2.15. The summed E-state index contributed by atoms with van der Waals surface area (Å²) in [6.45, 7) is 5.61. The maximum Gasteiger partial charge on any atom is 0.0841 e. The van der Waals surface area contributed by atoms with Crippen molar-refractivity contribution in [3.05, 3.63) is 29.6 Å². The number of aromatic nitrogens is 1. The van der Waals surface area contributed by atoms with Crippen molar-refractivity contribution in [1.29, 1.82) is 0 Å². The smallest absolute Gasteiger partial charge is 0.0841 e. The molecule has 0 aliphatic rings. The molecule has 1 N–H and O–H groups in total. The summed E-state index contributed by atoms with van der Waals surface area (Å²) in [7, 11) is 0. The van der Waals surface area contributed by atoms with Crippen LogP contribution in [0.3, 0.4) is 0 Å². The average molecular weight is 165 g/mol. The fourth-order valence-corrected chi connectivity index (χ4v) is 1.05. The second-order valence-corrected chi connectivity index (χ2v) is 3.45. The first kappa shape index (κ1) is 9.20. The largest absolute Gasteiger partial charge is 0.386 e. The van der Waals surface area contributed by atoms with E-state index in [4.69, 9.17) is 0 Å². The molecular formula is C10H15NO. The zero-order chi connectivity index (χ0) is 9.19. The van der Waals surface area contributed by atoms with Crippen molar-refractivity contribution in [1.82, 2.24) is 4.98 Å². The van der Waals surface area contributed by atoms with Crippen LogP contribution < -0.4 is 0 Å². The molecule has 0 spiro atoms. The third-order valence-electron chi connectivity index (χ3n) is 1.89. The maximum atomic E-state index is 9.68. The normalized spacial score (nSPS) is 11.7. The Morgan fingerprint density at radius 2 is 2.17 bits per heavy atom. The van der Waals surface area contributed by atoms with Crippen LogP contribution in [-0.2, 0) is 12.0 Å². The molecule has 0 aliphatic carbocycles. The minimum atomic E-state index is -0.757. The molecule has 0 saturated carbocycles. The van der Waals surface area contributed by atoms with E-state index >= 15 is 0 Å². The van der Waals surface area contributed by atoms with E-state index in [0.717, 1.165) is 17.7 Å². The van der Waals surface area contributed by atoms with Gasteiger partial charge >= 0.3 is 0 Å². The quantitative estimate of drug-likeness (QED) is 0.725. The van der Waals surface area contributed by atoms with Gasteiger partial charge in [0.15, 0.2) is 0 Å². The van der Waals surface area contributed by atoms with Crippen LogP contribution in [0, 0.1) is 0 Å². The number of rotatable bonds is 2. The van der Waals surface area contributed by atoms with E-state index in [9.17, 15) is 5.11 Å². The molecule has 0 bridgehead atoms. The summed E-state index contributed by atoms with van der Waals surface area (Å²) >= 11 is 0. The molecule has 1 heterocycles. The molecular weight excluding hydrogens is 150 g/mol. The molecule has 0 fully saturated rings. The van der Waals surface area contributed by atoms with Gasteiger partial charge in [0.2, 0.25) is 0 Å². The monoisotopic (exact) mass is 165 g/mol. The van der Waals surface area contributed by atoms with Gasteiger partial charge in [-0.3, -0.25) is 4.98 Å². The Balaban J connectivity index is 3.02. The number of hydrogen-bond acceptors (Lipinski definition) is 2. The van der Waals surface area contributed by atoms with E-state index in [0.29, 0.717) is 0 Å². The molecule has 0 aliphatic heterocycles. The molecule has 0 unspecified atom stereocenters. The highest BCUT2D eigenvalue weighted by Gasteiger charge is 2.15. The van der Waals surface area contributed by atoms with Crippen molar-refractivity contribution >= 4 is 0 Å². The zero-order valence-corrected chi connectivity index (χ0v) is 7.83. The number of hydrogen-bond donors (Lipinski definition) is 1. The van der Waals surface area contributed by atoms with Crippen LogP contribution in [0.2, 0.25) is 0 Å². The Bertz CT molecular complexity index is 263. The lowest BCUT2D eigenvalue weighted by molar-refractivity contribution is 0.0784. The van der Waals surface area contributed by atoms with Gasteiger partial charge in [-0.15, -0.1) is 0 Å². The fraction of sp³-hybridized carbons (Fsp3) is 0.500. The van der Waals surface area contributed by atoms with E-state index in [-0.39, 0.29) is 0 Å². The number of nitrogens with zero attached hydrogens (tertiary/aromatic N) is 1. The summed E-state index contributed by atoms with van der Waals surface area (Å²) in [6, 6.07) is 3.79. The van der Waals surface area contributed by atoms with Crippen LogP contribution in [0.5, 0.6) is 0 Å². The van der Waals surface area contributed by atoms with Crippen molar-refractivity contribution in [3.63, 3.8) is 0 Å². The van der Waals surface area contributed by atoms with Gasteiger partial charge < -0.3 is 5.11 Å². The molecule has 2 heteroatoms. The first-order valence-electron chi connectivity index (χ1n) is 4.22. The number of pyridine rings is 1. The molecule has 0 aromatic carbocycles. The lowest BCUT2D eigenvalue weighted by Gasteiger charge is -2.17. The van der Waals surface area contributed by atoms with Crippen LogP contribution in [0.1, 0.15) is 32.0 Å². The third kappa shape index (κ3) is 2.05. The van der Waals surface area contributed by atoms with Crippen molar-refractivity contribution in [2.75, 3.05) is 0 Å². The van der Waals surface area contributed by atoms with Gasteiger partial charge in [-0.25, -0.2) is 0 Å². The van der Waals surface area contributed by atoms with Crippen molar-refractivity contribution in [3.8, 4) is 0 Å². The predicted octanol–water partition coefficient (Wildman–Crippen LogP) is 1.87. The summed E-state index contributed by atoms with van der Waals surface area (Å²) < 4.78 is 0. The molecule has 12 heavy (non-hydrogen) atoms. The SMILES string of the molecule is CCc1cc(C(C)(C)O)ccn1. The molecule has 66 valence electrons. The highest BCUT2D eigenvalue weighted by molar-refractivity contribution is 5.21. The van der Waals surface area contributed by atoms with E-state index in [1.807, 2.05) is 12.1 Å². The summed E-state index contributed by atoms with van der Waals surface area (Å²) in [5, 5.41) is 9.68. The molecule has 0 radical (unpaired) electrons. The molecule has 2 nitrogen and oxygen atoms in total. The topological polar surface area (TPSA) is 33.1 Å². The first-order valence-corrected chi connectivity index (χ1v) is 4.22. The Hall–Kier alpha value is -0.890. The minimum absolute atomic E-state index is 0.757. The highest BCUT2D eigenvalue weighted by atomic mass is 16.3. The van der Waals surface area contributed by atoms with Gasteiger partial charge in [0, 0.05) is 11.9 Å². The van der Waals surface area contributed by atoms with Gasteiger partial charge in [-0.1, -0.05) is 6.92 Å². The zero-order valence-electron chi connectivity index (χ0n) is 7.83. The summed E-state index contributed by atoms with van der Waals surface area (Å²) in [4.78, 5) is 4.16. The molecule has 1 rings (SSSR count). The predicted molar refractivity (Wildman–Crippen MR) is 48.9 cm³/mol. The van der Waals surface area contributed by atoms with E-state index in [2.05, 4.69) is 11.9 Å². The fourth-order valence-electron chi connectivity index (χ4n) is 1.05. The van der Waals surface area contributed by atoms with Crippen molar-refractivity contribution in [2.45, 2.75) is 32.8 Å². The Morgan fingerprint density at radius 1 is 1.50 bits per heavy atom. The molecule has 0 saturated heterocycles. The van der Waals surface area contributed by atoms with Crippen LogP contribution in [0.25, 0.3) is 0 Å². The van der Waals surface area contributed by atoms with Crippen molar-refractivity contribution in [2.24, 2.45) is 0 Å². The van der Waals surface area contributed by atoms with Crippen LogP contribution in [-0.4, -0.2) is 10.1 Å². The molecule has 1 aromatic rings. The highest BCUT2D eigenvalue weighted by Crippen LogP contribution is 2.19. The standard InChI is InChI=1S/C10H15NO/c1-4-9-7-8(5-6-11-9)10(2,3)12/h5-7,12H,4H2,1-3H3. The van der Waals surface area contributed by atoms with Gasteiger partial charge in [0.05, 0.1) is 5.60 Å². The average Bonchev–Trinajstić information content (AvgIpc) is 2.03. The van der Waals surface area contributed by atoms with E-state index in [1.165, 1.54) is 0 Å². The molecule has 0 amide bonds. The Labute approximate surface area is 73.3 Å². The minimum Gasteiger partial charge on any atom is -0.386 e. The second kappa shape index (κ2) is 3.23. The van der Waals surface area contributed by atoms with E-state index in [1.54, 1.807) is 20.0 Å². The Kier molecular flexibility index (Phi) is 2.48. The van der Waals surface area contributed by atoms with Crippen LogP contribution in [0.15, 0.2) is 18.3 Å². The van der Waals surface area contributed by atoms with E-state index < -0.39 is 5.60 Å². The van der Waals surface area contributed by atoms with Crippen molar-refractivity contribution < 1.29 is 5.11 Å². The number of aliphatic hydroxyl groups is 1. The van der Waals surface area contributed by atoms with Crippen LogP contribution in [0.4, 0.5) is 0 Å². The first-order chi connectivity index (χ1) is 5.54. The molecule has 0 atom stereocenters. The second-order valence-electron chi connectivity index (χ2n) is 3.45. The summed E-state index contributed by atoms with van der Waals surface area (Å²) in [5.74, 6) is 0. The van der Waals surface area contributed by atoms with Gasteiger partial charge in [0.25, 0.3) is 0 Å². The Morgan fingerprint density at radius 3 is 2.67 bits per heavy atom. The van der Waals surface area contributed by atoms with Crippen LogP contribution >= 0.6 is 0 Å². The molecule has 1 aromatic heterocycles. The third-order valence-corrected chi connectivity index (χ3v) is 1.89. The summed E-state index contributed by atoms with van der Waals surface area (Å²) in [6.07, 6.45) is 2.65. The maximum absolute atomic E-state index is 9.68. The summed E-state index contributed by atoms with van der Waals surface area (Å²) in [5.41, 5.74) is 1.19. The van der Waals surface area contributed by atoms with Gasteiger partial charge in [-0.2, -0.15) is 0 Å². The van der Waals surface area contributed by atoms with Gasteiger partial charge in [-0.05, 0) is 38.0 Å². The number of aryl methyl sites for hydroxylation is 1. The van der Waals surface area contributed by atoms with Gasteiger partial charge in [0.1, 0.15) is 0 Å². The lowest BCUT2D eigenvalue weighted by atomic mass is 9.99.